The van der Waals surface area contributed by atoms with Crippen molar-refractivity contribution in [1.29, 1.82) is 0 Å². The summed E-state index contributed by atoms with van der Waals surface area (Å²) in [5.41, 5.74) is 0.302. The Balaban J connectivity index is 1.87. The van der Waals surface area contributed by atoms with Crippen molar-refractivity contribution in [3.05, 3.63) is 67.8 Å². The number of pyridine rings is 1. The minimum absolute atomic E-state index is 0.0805. The predicted octanol–water partition coefficient (Wildman–Crippen LogP) is 5.13. The van der Waals surface area contributed by atoms with Crippen LogP contribution in [0.3, 0.4) is 0 Å². The van der Waals surface area contributed by atoms with E-state index in [2.05, 4.69) is 15.0 Å². The van der Waals surface area contributed by atoms with E-state index < -0.39 is 20.9 Å². The number of sulfonamides is 1. The first kappa shape index (κ1) is 23.3. The minimum Gasteiger partial charge on any atom is -0.321 e. The van der Waals surface area contributed by atoms with Crippen LogP contribution in [0.25, 0.3) is 0 Å². The number of nitro groups is 1. The van der Waals surface area contributed by atoms with Gasteiger partial charge in [-0.2, -0.15) is 0 Å². The van der Waals surface area contributed by atoms with Crippen molar-refractivity contribution in [3.8, 4) is 0 Å². The van der Waals surface area contributed by atoms with Crippen molar-refractivity contribution >= 4 is 79.3 Å². The SMILES string of the molecule is CS(=O)(=O)Nc1cccc(NC(=O)c2cc([N+](=O)[O-])c(Sc3c(Cl)cncc3Cl)s2)c1. The highest BCUT2D eigenvalue weighted by Gasteiger charge is 2.25. The Kier molecular flexibility index (Phi) is 7.06. The highest BCUT2D eigenvalue weighted by Crippen LogP contribution is 2.45. The summed E-state index contributed by atoms with van der Waals surface area (Å²) in [6.45, 7) is 0. The number of carbonyl (C=O) groups excluding carboxylic acids is 1. The van der Waals surface area contributed by atoms with Gasteiger partial charge in [0.25, 0.3) is 11.6 Å². The minimum atomic E-state index is -3.49. The number of hydrogen-bond donors (Lipinski definition) is 2. The van der Waals surface area contributed by atoms with Gasteiger partial charge in [0.15, 0.2) is 0 Å². The summed E-state index contributed by atoms with van der Waals surface area (Å²) in [6.07, 6.45) is 3.73. The summed E-state index contributed by atoms with van der Waals surface area (Å²) < 4.78 is 25.3. The van der Waals surface area contributed by atoms with Gasteiger partial charge in [0.1, 0.15) is 9.09 Å². The fraction of sp³-hybridized carbons (Fsp3) is 0.0588. The Labute approximate surface area is 195 Å². The number of anilines is 2. The smallest absolute Gasteiger partial charge is 0.294 e. The number of thiophene rings is 1. The number of rotatable bonds is 7. The van der Waals surface area contributed by atoms with Crippen LogP contribution >= 0.6 is 46.3 Å². The molecule has 0 aliphatic carbocycles. The lowest BCUT2D eigenvalue weighted by Gasteiger charge is -2.07. The third-order valence-electron chi connectivity index (χ3n) is 3.53. The van der Waals surface area contributed by atoms with Crippen LogP contribution in [0.15, 0.2) is 51.8 Å². The molecule has 0 unspecified atom stereocenters. The molecule has 162 valence electrons. The van der Waals surface area contributed by atoms with Crippen molar-refractivity contribution in [3.63, 3.8) is 0 Å². The molecule has 3 rings (SSSR count). The maximum Gasteiger partial charge on any atom is 0.294 e. The predicted molar refractivity (Wildman–Crippen MR) is 122 cm³/mol. The van der Waals surface area contributed by atoms with Crippen LogP contribution in [-0.2, 0) is 10.0 Å². The number of amides is 1. The van der Waals surface area contributed by atoms with E-state index in [1.54, 1.807) is 12.1 Å². The van der Waals surface area contributed by atoms with Crippen LogP contribution in [0, 0.1) is 10.1 Å². The number of carbonyl (C=O) groups is 1. The zero-order valence-electron chi connectivity index (χ0n) is 15.5. The lowest BCUT2D eigenvalue weighted by atomic mass is 10.3. The van der Waals surface area contributed by atoms with Gasteiger partial charge in [-0.15, -0.1) is 11.3 Å². The van der Waals surface area contributed by atoms with Gasteiger partial charge in [0.05, 0.1) is 31.8 Å². The van der Waals surface area contributed by atoms with Crippen LogP contribution in [0.4, 0.5) is 17.1 Å². The highest BCUT2D eigenvalue weighted by molar-refractivity contribution is 8.01. The summed E-state index contributed by atoms with van der Waals surface area (Å²) in [5, 5.41) is 14.5. The molecule has 1 amide bonds. The molecule has 0 atom stereocenters. The molecule has 1 aromatic carbocycles. The second kappa shape index (κ2) is 9.40. The highest BCUT2D eigenvalue weighted by atomic mass is 35.5. The van der Waals surface area contributed by atoms with Crippen LogP contribution < -0.4 is 10.0 Å². The lowest BCUT2D eigenvalue weighted by molar-refractivity contribution is -0.387. The maximum atomic E-state index is 12.7. The summed E-state index contributed by atoms with van der Waals surface area (Å²) in [7, 11) is -3.49. The van der Waals surface area contributed by atoms with Gasteiger partial charge in [0, 0.05) is 24.1 Å². The zero-order valence-corrected chi connectivity index (χ0v) is 19.4. The van der Waals surface area contributed by atoms with Crippen molar-refractivity contribution in [2.24, 2.45) is 0 Å². The van der Waals surface area contributed by atoms with E-state index in [1.807, 2.05) is 0 Å². The summed E-state index contributed by atoms with van der Waals surface area (Å²) in [5.74, 6) is -0.594. The monoisotopic (exact) mass is 518 g/mol. The van der Waals surface area contributed by atoms with Gasteiger partial charge in [-0.1, -0.05) is 41.0 Å². The Morgan fingerprint density at radius 3 is 2.45 bits per heavy atom. The molecule has 2 N–H and O–H groups in total. The molecule has 14 heteroatoms. The molecule has 0 aliphatic heterocycles. The molecule has 0 bridgehead atoms. The van der Waals surface area contributed by atoms with Crippen molar-refractivity contribution in [2.75, 3.05) is 16.3 Å². The topological polar surface area (TPSA) is 131 Å². The van der Waals surface area contributed by atoms with Crippen LogP contribution in [0.5, 0.6) is 0 Å². The number of benzene rings is 1. The van der Waals surface area contributed by atoms with Gasteiger partial charge in [-0.05, 0) is 18.2 Å². The number of nitrogens with one attached hydrogen (secondary N) is 2. The average Bonchev–Trinajstić information content (AvgIpc) is 3.08. The molecule has 0 spiro atoms. The molecule has 2 aromatic heterocycles. The van der Waals surface area contributed by atoms with Crippen molar-refractivity contribution < 1.29 is 18.1 Å². The Morgan fingerprint density at radius 2 is 1.84 bits per heavy atom. The van der Waals surface area contributed by atoms with Gasteiger partial charge in [-0.3, -0.25) is 24.6 Å². The van der Waals surface area contributed by atoms with Gasteiger partial charge in [-0.25, -0.2) is 8.42 Å². The third-order valence-corrected chi connectivity index (χ3v) is 7.39. The Bertz CT molecular complexity index is 1260. The molecule has 0 saturated carbocycles. The molecule has 0 fully saturated rings. The summed E-state index contributed by atoms with van der Waals surface area (Å²) >= 11 is 14.0. The number of aromatic nitrogens is 1. The van der Waals surface area contributed by atoms with E-state index in [-0.39, 0.29) is 30.5 Å². The van der Waals surface area contributed by atoms with E-state index in [1.165, 1.54) is 24.5 Å². The molecule has 31 heavy (non-hydrogen) atoms. The van der Waals surface area contributed by atoms with Crippen molar-refractivity contribution in [1.82, 2.24) is 4.98 Å². The van der Waals surface area contributed by atoms with Gasteiger partial charge in [0.2, 0.25) is 10.0 Å². The second-order valence-electron chi connectivity index (χ2n) is 5.98. The van der Waals surface area contributed by atoms with Crippen molar-refractivity contribution in [2.45, 2.75) is 9.10 Å². The fourth-order valence-corrected chi connectivity index (χ4v) is 5.65. The summed E-state index contributed by atoms with van der Waals surface area (Å²) in [6, 6.07) is 7.20. The molecule has 0 aliphatic rings. The van der Waals surface area contributed by atoms with E-state index in [9.17, 15) is 23.3 Å². The fourth-order valence-electron chi connectivity index (χ4n) is 2.33. The van der Waals surface area contributed by atoms with E-state index >= 15 is 0 Å². The Hall–Kier alpha value is -2.38. The van der Waals surface area contributed by atoms with E-state index in [0.29, 0.717) is 10.6 Å². The Morgan fingerprint density at radius 1 is 1.19 bits per heavy atom. The largest absolute Gasteiger partial charge is 0.321 e. The first-order valence-electron chi connectivity index (χ1n) is 8.18. The van der Waals surface area contributed by atoms with Gasteiger partial charge < -0.3 is 5.32 Å². The molecule has 3 aromatic rings. The molecule has 0 radical (unpaired) electrons. The zero-order chi connectivity index (χ0) is 22.8. The molecular weight excluding hydrogens is 507 g/mol. The van der Waals surface area contributed by atoms with Crippen LogP contribution in [0.1, 0.15) is 9.67 Å². The second-order valence-corrected chi connectivity index (χ2v) is 10.9. The molecular formula is C17H12Cl2N4O5S3. The number of hydrogen-bond acceptors (Lipinski definition) is 8. The van der Waals surface area contributed by atoms with E-state index in [4.69, 9.17) is 23.2 Å². The average molecular weight is 519 g/mol. The first-order valence-corrected chi connectivity index (χ1v) is 12.5. The van der Waals surface area contributed by atoms with Crippen LogP contribution in [0.2, 0.25) is 10.0 Å². The maximum absolute atomic E-state index is 12.7. The van der Waals surface area contributed by atoms with E-state index in [0.717, 1.165) is 35.4 Å². The lowest BCUT2D eigenvalue weighted by Crippen LogP contribution is -2.12. The molecule has 0 saturated heterocycles. The van der Waals surface area contributed by atoms with Gasteiger partial charge >= 0.3 is 0 Å². The first-order chi connectivity index (χ1) is 14.5. The molecule has 2 heterocycles. The summed E-state index contributed by atoms with van der Waals surface area (Å²) in [4.78, 5) is 27.8. The standard InChI is InChI=1S/C17H12Cl2N4O5S3/c1-31(27,28)22-10-4-2-3-9(5-10)21-16(24)14-6-13(23(25)26)17(29-14)30-15-11(18)7-20-8-12(15)19/h2-8,22H,1H3,(H,21,24). The normalized spacial score (nSPS) is 11.2. The third kappa shape index (κ3) is 6.08. The molecule has 9 nitrogen and oxygen atoms in total. The quantitative estimate of drug-likeness (QED) is 0.327. The number of halogens is 2. The van der Waals surface area contributed by atoms with Crippen LogP contribution in [-0.4, -0.2) is 30.5 Å². The number of nitrogens with zero attached hydrogens (tertiary/aromatic N) is 2.